The van der Waals surface area contributed by atoms with Crippen LogP contribution in [0.3, 0.4) is 0 Å². The highest BCUT2D eigenvalue weighted by Gasteiger charge is 2.34. The summed E-state index contributed by atoms with van der Waals surface area (Å²) in [4.78, 5) is 0. The van der Waals surface area contributed by atoms with E-state index in [2.05, 4.69) is 26.2 Å². The molecule has 2 atom stereocenters. The summed E-state index contributed by atoms with van der Waals surface area (Å²) < 4.78 is 19.6. The molecule has 0 heterocycles. The molecule has 18 heavy (non-hydrogen) atoms. The van der Waals surface area contributed by atoms with E-state index < -0.39 is 0 Å². The average molecular weight is 254 g/mol. The number of rotatable bonds is 5. The van der Waals surface area contributed by atoms with Crippen LogP contribution >= 0.6 is 0 Å². The van der Waals surface area contributed by atoms with E-state index >= 15 is 0 Å². The molecule has 1 aromatic carbocycles. The van der Waals surface area contributed by atoms with Gasteiger partial charge in [-0.2, -0.15) is 0 Å². The van der Waals surface area contributed by atoms with E-state index in [9.17, 15) is 4.39 Å². The molecule has 0 radical (unpaired) electrons. The van der Waals surface area contributed by atoms with E-state index in [4.69, 9.17) is 10.6 Å². The highest BCUT2D eigenvalue weighted by molar-refractivity contribution is 5.22. The Kier molecular flexibility index (Phi) is 5.26. The van der Waals surface area contributed by atoms with E-state index in [1.54, 1.807) is 18.2 Å². The normalized spacial score (nSPS) is 15.4. The predicted molar refractivity (Wildman–Crippen MR) is 71.3 cm³/mol. The highest BCUT2D eigenvalue weighted by Crippen LogP contribution is 2.33. The van der Waals surface area contributed by atoms with Gasteiger partial charge >= 0.3 is 0 Å². The Bertz CT molecular complexity index is 376. The number of hydrazine groups is 1. The molecule has 0 bridgehead atoms. The Morgan fingerprint density at radius 3 is 2.39 bits per heavy atom. The van der Waals surface area contributed by atoms with Crippen LogP contribution in [0.2, 0.25) is 0 Å². The van der Waals surface area contributed by atoms with Crippen molar-refractivity contribution in [3.05, 3.63) is 35.6 Å². The van der Waals surface area contributed by atoms with Crippen molar-refractivity contribution in [3.8, 4) is 0 Å². The van der Waals surface area contributed by atoms with Crippen molar-refractivity contribution in [3.63, 3.8) is 0 Å². The zero-order chi connectivity index (χ0) is 13.8. The Morgan fingerprint density at radius 1 is 1.33 bits per heavy atom. The molecule has 0 spiro atoms. The minimum absolute atomic E-state index is 0.144. The first-order valence-corrected chi connectivity index (χ1v) is 6.24. The Hall–Kier alpha value is -0.970. The van der Waals surface area contributed by atoms with E-state index in [1.807, 2.05) is 6.92 Å². The molecular weight excluding hydrogens is 231 g/mol. The van der Waals surface area contributed by atoms with Gasteiger partial charge in [0, 0.05) is 12.2 Å². The molecule has 3 N–H and O–H groups in total. The smallest absolute Gasteiger partial charge is 0.128 e. The Balaban J connectivity index is 3.10. The zero-order valence-corrected chi connectivity index (χ0v) is 11.5. The van der Waals surface area contributed by atoms with Crippen LogP contribution in [0.15, 0.2) is 24.3 Å². The lowest BCUT2D eigenvalue weighted by atomic mass is 9.82. The van der Waals surface area contributed by atoms with Crippen LogP contribution < -0.4 is 11.3 Å². The van der Waals surface area contributed by atoms with Gasteiger partial charge in [-0.25, -0.2) is 4.39 Å². The van der Waals surface area contributed by atoms with Gasteiger partial charge in [0.1, 0.15) is 5.82 Å². The molecule has 0 aliphatic rings. The summed E-state index contributed by atoms with van der Waals surface area (Å²) in [6.45, 7) is 8.65. The SMILES string of the molecule is CCOC(C(NN)c1ccccc1F)C(C)(C)C. The Morgan fingerprint density at radius 2 is 1.94 bits per heavy atom. The fourth-order valence-electron chi connectivity index (χ4n) is 2.09. The topological polar surface area (TPSA) is 47.3 Å². The molecule has 0 amide bonds. The fourth-order valence-corrected chi connectivity index (χ4v) is 2.09. The van der Waals surface area contributed by atoms with Crippen molar-refractivity contribution >= 4 is 0 Å². The number of hydrogen-bond acceptors (Lipinski definition) is 3. The highest BCUT2D eigenvalue weighted by atomic mass is 19.1. The van der Waals surface area contributed by atoms with Gasteiger partial charge in [-0.3, -0.25) is 11.3 Å². The summed E-state index contributed by atoms with van der Waals surface area (Å²) in [6, 6.07) is 6.27. The number of nitrogens with one attached hydrogen (secondary N) is 1. The fraction of sp³-hybridized carbons (Fsp3) is 0.571. The molecular formula is C14H23FN2O. The van der Waals surface area contributed by atoms with Gasteiger partial charge in [-0.05, 0) is 18.4 Å². The molecule has 0 saturated carbocycles. The van der Waals surface area contributed by atoms with Crippen molar-refractivity contribution in [1.29, 1.82) is 0 Å². The second kappa shape index (κ2) is 6.27. The van der Waals surface area contributed by atoms with Gasteiger partial charge in [-0.15, -0.1) is 0 Å². The van der Waals surface area contributed by atoms with Gasteiger partial charge in [-0.1, -0.05) is 39.0 Å². The second-order valence-electron chi connectivity index (χ2n) is 5.41. The van der Waals surface area contributed by atoms with Crippen LogP contribution in [0, 0.1) is 11.2 Å². The van der Waals surface area contributed by atoms with Gasteiger partial charge < -0.3 is 4.74 Å². The Labute approximate surface area is 108 Å². The number of benzene rings is 1. The molecule has 1 aromatic rings. The first-order valence-electron chi connectivity index (χ1n) is 6.24. The molecule has 0 aliphatic heterocycles. The standard InChI is InChI=1S/C14H23FN2O/c1-5-18-13(14(2,3)4)12(17-16)10-8-6-7-9-11(10)15/h6-9,12-13,17H,5,16H2,1-4H3. The van der Waals surface area contributed by atoms with Crippen molar-refractivity contribution < 1.29 is 9.13 Å². The van der Waals surface area contributed by atoms with Gasteiger partial charge in [0.15, 0.2) is 0 Å². The largest absolute Gasteiger partial charge is 0.376 e. The quantitative estimate of drug-likeness (QED) is 0.627. The minimum atomic E-state index is -0.369. The summed E-state index contributed by atoms with van der Waals surface area (Å²) in [5.41, 5.74) is 3.08. The summed E-state index contributed by atoms with van der Waals surface area (Å²) in [6.07, 6.45) is -0.204. The molecule has 102 valence electrons. The maximum Gasteiger partial charge on any atom is 0.128 e. The van der Waals surface area contributed by atoms with Crippen molar-refractivity contribution in [2.24, 2.45) is 11.3 Å². The lowest BCUT2D eigenvalue weighted by Gasteiger charge is -2.36. The summed E-state index contributed by atoms with van der Waals surface area (Å²) >= 11 is 0. The van der Waals surface area contributed by atoms with E-state index in [-0.39, 0.29) is 23.4 Å². The van der Waals surface area contributed by atoms with Crippen LogP contribution in [-0.4, -0.2) is 12.7 Å². The first-order chi connectivity index (χ1) is 8.41. The van der Waals surface area contributed by atoms with Crippen molar-refractivity contribution in [1.82, 2.24) is 5.43 Å². The molecule has 0 fully saturated rings. The first kappa shape index (κ1) is 15.1. The zero-order valence-electron chi connectivity index (χ0n) is 11.5. The second-order valence-corrected chi connectivity index (χ2v) is 5.41. The minimum Gasteiger partial charge on any atom is -0.376 e. The van der Waals surface area contributed by atoms with Crippen molar-refractivity contribution in [2.75, 3.05) is 6.61 Å². The summed E-state index contributed by atoms with van der Waals surface area (Å²) in [5, 5.41) is 0. The maximum absolute atomic E-state index is 13.9. The molecule has 2 unspecified atom stereocenters. The van der Waals surface area contributed by atoms with Gasteiger partial charge in [0.05, 0.1) is 12.1 Å². The number of nitrogens with two attached hydrogens (primary N) is 1. The molecule has 1 rings (SSSR count). The van der Waals surface area contributed by atoms with Crippen LogP contribution in [-0.2, 0) is 4.74 Å². The third-order valence-corrected chi connectivity index (χ3v) is 2.92. The van der Waals surface area contributed by atoms with E-state index in [0.29, 0.717) is 12.2 Å². The summed E-state index contributed by atoms with van der Waals surface area (Å²) in [5.74, 6) is 5.34. The monoisotopic (exact) mass is 254 g/mol. The molecule has 3 nitrogen and oxygen atoms in total. The van der Waals surface area contributed by atoms with Crippen LogP contribution in [0.25, 0.3) is 0 Å². The molecule has 0 aliphatic carbocycles. The van der Waals surface area contributed by atoms with E-state index in [0.717, 1.165) is 0 Å². The van der Waals surface area contributed by atoms with E-state index in [1.165, 1.54) is 6.07 Å². The summed E-state index contributed by atoms with van der Waals surface area (Å²) in [7, 11) is 0. The van der Waals surface area contributed by atoms with Gasteiger partial charge in [0.25, 0.3) is 0 Å². The molecule has 4 heteroatoms. The number of halogens is 1. The molecule has 0 aromatic heterocycles. The predicted octanol–water partition coefficient (Wildman–Crippen LogP) is 2.78. The number of ether oxygens (including phenoxy) is 1. The molecule has 0 saturated heterocycles. The maximum atomic E-state index is 13.9. The van der Waals surface area contributed by atoms with Crippen LogP contribution in [0.1, 0.15) is 39.3 Å². The lowest BCUT2D eigenvalue weighted by Crippen LogP contribution is -2.45. The number of hydrogen-bond donors (Lipinski definition) is 2. The van der Waals surface area contributed by atoms with Crippen molar-refractivity contribution in [2.45, 2.75) is 39.8 Å². The average Bonchev–Trinajstić information content (AvgIpc) is 2.30. The van der Waals surface area contributed by atoms with Gasteiger partial charge in [0.2, 0.25) is 0 Å². The van der Waals surface area contributed by atoms with Crippen LogP contribution in [0.4, 0.5) is 4.39 Å². The third kappa shape index (κ3) is 3.51. The lowest BCUT2D eigenvalue weighted by molar-refractivity contribution is -0.0373. The third-order valence-electron chi connectivity index (χ3n) is 2.92. The van der Waals surface area contributed by atoms with Crippen LogP contribution in [0.5, 0.6) is 0 Å².